The van der Waals surface area contributed by atoms with E-state index in [0.717, 1.165) is 37.4 Å². The lowest BCUT2D eigenvalue weighted by Gasteiger charge is -2.36. The third-order valence-electron chi connectivity index (χ3n) is 7.43. The van der Waals surface area contributed by atoms with Gasteiger partial charge >= 0.3 is 5.76 Å². The molecule has 10 heteroatoms. The number of aromatic nitrogens is 4. The first-order valence-electron chi connectivity index (χ1n) is 12.4. The number of aryl methyl sites for hydroxylation is 1. The zero-order valence-corrected chi connectivity index (χ0v) is 21.3. The summed E-state index contributed by atoms with van der Waals surface area (Å²) in [6, 6.07) is 10.4. The Kier molecular flexibility index (Phi) is 5.73. The minimum Gasteiger partial charge on any atom is -0.408 e. The number of nitrogens with zero attached hydrogens (tertiary/aromatic N) is 7. The summed E-state index contributed by atoms with van der Waals surface area (Å²) < 4.78 is 24.3. The number of oxazole rings is 1. The molecule has 0 atom stereocenters. The molecule has 0 radical (unpaired) electrons. The van der Waals surface area contributed by atoms with Crippen molar-refractivity contribution in [1.29, 1.82) is 0 Å². The number of anilines is 1. The van der Waals surface area contributed by atoms with E-state index >= 15 is 4.39 Å². The van der Waals surface area contributed by atoms with Gasteiger partial charge in [-0.2, -0.15) is 0 Å². The van der Waals surface area contributed by atoms with E-state index in [1.807, 2.05) is 22.7 Å². The van der Waals surface area contributed by atoms with Crippen molar-refractivity contribution in [3.05, 3.63) is 76.6 Å². The fourth-order valence-electron chi connectivity index (χ4n) is 5.26. The molecule has 2 aromatic carbocycles. The van der Waals surface area contributed by atoms with Crippen molar-refractivity contribution in [3.63, 3.8) is 0 Å². The fraction of sp³-hybridized carbons (Fsp3) is 0.286. The highest BCUT2D eigenvalue weighted by Gasteiger charge is 2.27. The molecular formula is C28H26FN7O2. The maximum absolute atomic E-state index is 15.7. The summed E-state index contributed by atoms with van der Waals surface area (Å²) in [4.78, 5) is 29.8. The van der Waals surface area contributed by atoms with E-state index in [9.17, 15) is 4.79 Å². The van der Waals surface area contributed by atoms with Gasteiger partial charge in [0.25, 0.3) is 0 Å². The third-order valence-corrected chi connectivity index (χ3v) is 7.43. The maximum Gasteiger partial charge on any atom is 0.419 e. The van der Waals surface area contributed by atoms with Gasteiger partial charge in [0.2, 0.25) is 5.95 Å². The molecule has 0 aliphatic carbocycles. The standard InChI is InChI=1S/C28H26FN7O2/c1-30-18-7-5-17(6-8-18)25-24(20-15-23-22(16-21(20)29)34(4)28(37)38-23)26-31-11-14-36(26)27(32-25)35-12-9-19(10-13-35)33(2)3/h5-8,11,14-16,19H,9-10,12-13H2,2-4H3. The van der Waals surface area contributed by atoms with Gasteiger partial charge in [-0.15, -0.1) is 0 Å². The molecular weight excluding hydrogens is 485 g/mol. The summed E-state index contributed by atoms with van der Waals surface area (Å²) in [6.45, 7) is 8.97. The van der Waals surface area contributed by atoms with Gasteiger partial charge in [-0.05, 0) is 38.6 Å². The van der Waals surface area contributed by atoms with Crippen LogP contribution in [0, 0.1) is 12.4 Å². The fourth-order valence-corrected chi connectivity index (χ4v) is 5.26. The molecule has 1 aliphatic rings. The topological polar surface area (TPSA) is 76.2 Å². The molecule has 1 saturated heterocycles. The van der Waals surface area contributed by atoms with Crippen LogP contribution in [0.3, 0.4) is 0 Å². The number of halogens is 1. The van der Waals surface area contributed by atoms with Gasteiger partial charge in [0, 0.05) is 50.2 Å². The lowest BCUT2D eigenvalue weighted by molar-refractivity contribution is 0.249. The predicted octanol–water partition coefficient (Wildman–Crippen LogP) is 4.73. The molecule has 192 valence electrons. The van der Waals surface area contributed by atoms with Crippen molar-refractivity contribution < 1.29 is 8.81 Å². The van der Waals surface area contributed by atoms with Crippen LogP contribution in [0.25, 0.3) is 44.0 Å². The van der Waals surface area contributed by atoms with E-state index < -0.39 is 11.6 Å². The molecule has 4 heterocycles. The summed E-state index contributed by atoms with van der Waals surface area (Å²) in [7, 11) is 5.75. The monoisotopic (exact) mass is 511 g/mol. The van der Waals surface area contributed by atoms with E-state index in [-0.39, 0.29) is 11.1 Å². The Hall–Kier alpha value is -4.49. The number of hydrogen-bond donors (Lipinski definition) is 0. The molecule has 5 aromatic rings. The van der Waals surface area contributed by atoms with Crippen LogP contribution in [0.15, 0.2) is 58.0 Å². The largest absolute Gasteiger partial charge is 0.419 e. The number of fused-ring (bicyclic) bond motifs is 2. The summed E-state index contributed by atoms with van der Waals surface area (Å²) in [5, 5.41) is 0. The van der Waals surface area contributed by atoms with Gasteiger partial charge in [-0.25, -0.2) is 24.0 Å². The van der Waals surface area contributed by atoms with Crippen molar-refractivity contribution in [2.45, 2.75) is 18.9 Å². The molecule has 0 spiro atoms. The number of piperidine rings is 1. The first-order chi connectivity index (χ1) is 18.4. The highest BCUT2D eigenvalue weighted by molar-refractivity contribution is 5.94. The van der Waals surface area contributed by atoms with E-state index in [1.165, 1.54) is 16.7 Å². The van der Waals surface area contributed by atoms with Crippen LogP contribution < -0.4 is 10.7 Å². The molecule has 3 aromatic heterocycles. The SMILES string of the molecule is [C-]#[N+]c1ccc(-c2nc(N3CCC(N(C)C)CC3)n3ccnc3c2-c2cc3oc(=O)n(C)c3cc2F)cc1. The molecule has 0 saturated carbocycles. The minimum absolute atomic E-state index is 0.234. The van der Waals surface area contributed by atoms with Gasteiger partial charge in [0.15, 0.2) is 11.3 Å². The normalized spacial score (nSPS) is 14.6. The Morgan fingerprint density at radius 2 is 1.89 bits per heavy atom. The molecule has 9 nitrogen and oxygen atoms in total. The van der Waals surface area contributed by atoms with Gasteiger partial charge in [-0.1, -0.05) is 24.3 Å². The molecule has 38 heavy (non-hydrogen) atoms. The molecule has 1 aliphatic heterocycles. The smallest absolute Gasteiger partial charge is 0.408 e. The summed E-state index contributed by atoms with van der Waals surface area (Å²) in [6.07, 6.45) is 5.52. The highest BCUT2D eigenvalue weighted by atomic mass is 19.1. The molecule has 0 bridgehead atoms. The first kappa shape index (κ1) is 23.9. The van der Waals surface area contributed by atoms with Crippen molar-refractivity contribution in [2.75, 3.05) is 32.1 Å². The Morgan fingerprint density at radius 3 is 2.58 bits per heavy atom. The summed E-state index contributed by atoms with van der Waals surface area (Å²) >= 11 is 0. The van der Waals surface area contributed by atoms with Crippen molar-refractivity contribution in [2.24, 2.45) is 7.05 Å². The minimum atomic E-state index is -0.563. The van der Waals surface area contributed by atoms with Crippen molar-refractivity contribution in [1.82, 2.24) is 23.8 Å². The maximum atomic E-state index is 15.7. The van der Waals surface area contributed by atoms with E-state index in [4.69, 9.17) is 16.0 Å². The third kappa shape index (κ3) is 3.83. The Bertz CT molecular complexity index is 1770. The zero-order chi connectivity index (χ0) is 26.6. The average molecular weight is 512 g/mol. The molecule has 0 amide bonds. The van der Waals surface area contributed by atoms with Crippen molar-refractivity contribution >= 4 is 28.4 Å². The second-order valence-electron chi connectivity index (χ2n) is 9.82. The molecule has 6 rings (SSSR count). The van der Waals surface area contributed by atoms with Crippen LogP contribution in [0.4, 0.5) is 16.0 Å². The van der Waals surface area contributed by atoms with E-state index in [2.05, 4.69) is 33.7 Å². The van der Waals surface area contributed by atoms with Gasteiger partial charge in [0.1, 0.15) is 11.5 Å². The van der Waals surface area contributed by atoms with Gasteiger partial charge in [-0.3, -0.25) is 8.97 Å². The van der Waals surface area contributed by atoms with E-state index in [1.54, 1.807) is 25.4 Å². The van der Waals surface area contributed by atoms with Gasteiger partial charge < -0.3 is 14.2 Å². The van der Waals surface area contributed by atoms with Crippen molar-refractivity contribution in [3.8, 4) is 22.4 Å². The Balaban J connectivity index is 1.60. The quantitative estimate of drug-likeness (QED) is 0.325. The molecule has 0 N–H and O–H groups in total. The highest BCUT2D eigenvalue weighted by Crippen LogP contribution is 2.39. The lowest BCUT2D eigenvalue weighted by atomic mass is 9.98. The Labute approximate surface area is 218 Å². The Morgan fingerprint density at radius 1 is 1.16 bits per heavy atom. The number of rotatable bonds is 4. The molecule has 1 fully saturated rings. The number of benzene rings is 2. The average Bonchev–Trinajstić information content (AvgIpc) is 3.52. The van der Waals surface area contributed by atoms with Gasteiger partial charge in [0.05, 0.1) is 23.3 Å². The number of imidazole rings is 1. The second kappa shape index (κ2) is 9.11. The predicted molar refractivity (Wildman–Crippen MR) is 144 cm³/mol. The summed E-state index contributed by atoms with van der Waals surface area (Å²) in [5.41, 5.74) is 3.70. The van der Waals surface area contributed by atoms with E-state index in [0.29, 0.717) is 34.2 Å². The van der Waals surface area contributed by atoms with Crippen LogP contribution in [0.2, 0.25) is 0 Å². The van der Waals surface area contributed by atoms with Crippen LogP contribution in [-0.4, -0.2) is 57.1 Å². The summed E-state index contributed by atoms with van der Waals surface area (Å²) in [5.74, 6) is -0.346. The first-order valence-corrected chi connectivity index (χ1v) is 12.4. The van der Waals surface area contributed by atoms with Crippen LogP contribution in [0.5, 0.6) is 0 Å². The zero-order valence-electron chi connectivity index (χ0n) is 21.3. The molecule has 0 unspecified atom stereocenters. The lowest BCUT2D eigenvalue weighted by Crippen LogP contribution is -2.43. The number of hydrogen-bond acceptors (Lipinski definition) is 6. The van der Waals surface area contributed by atoms with Crippen LogP contribution in [0.1, 0.15) is 12.8 Å². The van der Waals surface area contributed by atoms with Crippen LogP contribution >= 0.6 is 0 Å². The second-order valence-corrected chi connectivity index (χ2v) is 9.82. The van der Waals surface area contributed by atoms with Crippen LogP contribution in [-0.2, 0) is 7.05 Å².